The van der Waals surface area contributed by atoms with Crippen LogP contribution in [0.3, 0.4) is 0 Å². The van der Waals surface area contributed by atoms with Gasteiger partial charge in [-0.05, 0) is 48.9 Å². The van der Waals surface area contributed by atoms with E-state index in [1.807, 2.05) is 12.1 Å². The van der Waals surface area contributed by atoms with E-state index in [1.165, 1.54) is 70.1 Å². The quantitative estimate of drug-likeness (QED) is 0.417. The van der Waals surface area contributed by atoms with Gasteiger partial charge >= 0.3 is 0 Å². The SMILES string of the molecule is CCCCC(CC)CN(CC(CC)CCCC)c1ccc(N)cc1. The molecule has 0 aliphatic carbocycles. The van der Waals surface area contributed by atoms with Crippen LogP contribution in [0.1, 0.15) is 79.1 Å². The Kier molecular flexibility index (Phi) is 10.6. The zero-order chi connectivity index (χ0) is 17.8. The Morgan fingerprint density at radius 3 is 1.62 bits per heavy atom. The Labute approximate surface area is 150 Å². The first-order valence-corrected chi connectivity index (χ1v) is 10.2. The molecule has 0 aliphatic rings. The number of unbranched alkanes of at least 4 members (excludes halogenated alkanes) is 2. The van der Waals surface area contributed by atoms with Crippen LogP contribution in [-0.2, 0) is 0 Å². The van der Waals surface area contributed by atoms with Crippen molar-refractivity contribution in [2.24, 2.45) is 11.8 Å². The van der Waals surface area contributed by atoms with E-state index >= 15 is 0 Å². The van der Waals surface area contributed by atoms with Crippen molar-refractivity contribution in [3.8, 4) is 0 Å². The highest BCUT2D eigenvalue weighted by Crippen LogP contribution is 2.24. The molecule has 0 spiro atoms. The Morgan fingerprint density at radius 1 is 0.792 bits per heavy atom. The van der Waals surface area contributed by atoms with E-state index in [0.717, 1.165) is 17.5 Å². The molecule has 0 fully saturated rings. The first-order valence-electron chi connectivity index (χ1n) is 10.2. The third kappa shape index (κ3) is 7.59. The van der Waals surface area contributed by atoms with Crippen LogP contribution >= 0.6 is 0 Å². The molecule has 24 heavy (non-hydrogen) atoms. The minimum Gasteiger partial charge on any atom is -0.399 e. The predicted molar refractivity (Wildman–Crippen MR) is 110 cm³/mol. The maximum Gasteiger partial charge on any atom is 0.0367 e. The summed E-state index contributed by atoms with van der Waals surface area (Å²) in [6, 6.07) is 8.49. The number of nitrogens with two attached hydrogens (primary N) is 1. The molecule has 1 aromatic rings. The third-order valence-corrected chi connectivity index (χ3v) is 5.30. The van der Waals surface area contributed by atoms with Crippen LogP contribution in [-0.4, -0.2) is 13.1 Å². The molecular formula is C22H40N2. The van der Waals surface area contributed by atoms with Crippen LogP contribution in [0.5, 0.6) is 0 Å². The van der Waals surface area contributed by atoms with Gasteiger partial charge in [0.15, 0.2) is 0 Å². The number of hydrogen-bond donors (Lipinski definition) is 1. The number of rotatable bonds is 13. The molecule has 0 aliphatic heterocycles. The van der Waals surface area contributed by atoms with Gasteiger partial charge in [-0.2, -0.15) is 0 Å². The molecule has 1 rings (SSSR count). The Morgan fingerprint density at radius 2 is 1.25 bits per heavy atom. The lowest BCUT2D eigenvalue weighted by atomic mass is 9.95. The van der Waals surface area contributed by atoms with Gasteiger partial charge in [0.25, 0.3) is 0 Å². The summed E-state index contributed by atoms with van der Waals surface area (Å²) in [4.78, 5) is 2.63. The molecule has 2 nitrogen and oxygen atoms in total. The zero-order valence-electron chi connectivity index (χ0n) is 16.6. The predicted octanol–water partition coefficient (Wildman–Crippen LogP) is 6.51. The van der Waals surface area contributed by atoms with Crippen LogP contribution < -0.4 is 10.6 Å². The third-order valence-electron chi connectivity index (χ3n) is 5.30. The normalized spacial score (nSPS) is 13.7. The molecule has 0 radical (unpaired) electrons. The fourth-order valence-electron chi connectivity index (χ4n) is 3.43. The van der Waals surface area contributed by atoms with Crippen LogP contribution in [0, 0.1) is 11.8 Å². The lowest BCUT2D eigenvalue weighted by Gasteiger charge is -2.32. The average Bonchev–Trinajstić information content (AvgIpc) is 2.61. The van der Waals surface area contributed by atoms with E-state index in [2.05, 4.69) is 44.7 Å². The van der Waals surface area contributed by atoms with Gasteiger partial charge < -0.3 is 10.6 Å². The van der Waals surface area contributed by atoms with Crippen molar-refractivity contribution in [2.75, 3.05) is 23.7 Å². The fraction of sp³-hybridized carbons (Fsp3) is 0.727. The van der Waals surface area contributed by atoms with Crippen molar-refractivity contribution in [3.05, 3.63) is 24.3 Å². The van der Waals surface area contributed by atoms with Crippen molar-refractivity contribution >= 4 is 11.4 Å². The minimum absolute atomic E-state index is 0.797. The molecule has 138 valence electrons. The van der Waals surface area contributed by atoms with E-state index < -0.39 is 0 Å². The van der Waals surface area contributed by atoms with Crippen molar-refractivity contribution < 1.29 is 0 Å². The monoisotopic (exact) mass is 332 g/mol. The maximum atomic E-state index is 5.89. The standard InChI is InChI=1S/C22H40N2/c1-5-9-11-19(7-3)17-24(18-20(8-4)12-10-6-2)22-15-13-21(23)14-16-22/h13-16,19-20H,5-12,17-18,23H2,1-4H3. The summed E-state index contributed by atoms with van der Waals surface area (Å²) in [7, 11) is 0. The molecular weight excluding hydrogens is 292 g/mol. The summed E-state index contributed by atoms with van der Waals surface area (Å²) in [5.74, 6) is 1.59. The number of benzene rings is 1. The molecule has 2 heteroatoms. The second-order valence-electron chi connectivity index (χ2n) is 7.33. The molecule has 2 N–H and O–H groups in total. The van der Waals surface area contributed by atoms with Crippen molar-refractivity contribution in [3.63, 3.8) is 0 Å². The van der Waals surface area contributed by atoms with E-state index in [-0.39, 0.29) is 0 Å². The number of hydrogen-bond acceptors (Lipinski definition) is 2. The Bertz CT molecular complexity index is 394. The van der Waals surface area contributed by atoms with Crippen molar-refractivity contribution in [1.82, 2.24) is 0 Å². The summed E-state index contributed by atoms with van der Waals surface area (Å²) in [5.41, 5.74) is 8.09. The molecule has 0 saturated heterocycles. The van der Waals surface area contributed by atoms with Crippen LogP contribution in [0.2, 0.25) is 0 Å². The zero-order valence-corrected chi connectivity index (χ0v) is 16.6. The number of nitrogen functional groups attached to an aromatic ring is 1. The number of nitrogens with zero attached hydrogens (tertiary/aromatic N) is 1. The van der Waals surface area contributed by atoms with Gasteiger partial charge in [0.2, 0.25) is 0 Å². The second-order valence-corrected chi connectivity index (χ2v) is 7.33. The van der Waals surface area contributed by atoms with Gasteiger partial charge in [-0.3, -0.25) is 0 Å². The van der Waals surface area contributed by atoms with Gasteiger partial charge in [0, 0.05) is 24.5 Å². The van der Waals surface area contributed by atoms with Gasteiger partial charge in [-0.1, -0.05) is 66.2 Å². The molecule has 1 aromatic carbocycles. The summed E-state index contributed by atoms with van der Waals surface area (Å²) >= 11 is 0. The van der Waals surface area contributed by atoms with Gasteiger partial charge in [-0.15, -0.1) is 0 Å². The topological polar surface area (TPSA) is 29.3 Å². The van der Waals surface area contributed by atoms with E-state index in [1.54, 1.807) is 0 Å². The second kappa shape index (κ2) is 12.2. The number of anilines is 2. The highest BCUT2D eigenvalue weighted by atomic mass is 15.1. The van der Waals surface area contributed by atoms with E-state index in [0.29, 0.717) is 0 Å². The van der Waals surface area contributed by atoms with Gasteiger partial charge in [-0.25, -0.2) is 0 Å². The lowest BCUT2D eigenvalue weighted by Crippen LogP contribution is -2.34. The molecule has 0 saturated carbocycles. The van der Waals surface area contributed by atoms with E-state index in [9.17, 15) is 0 Å². The molecule has 0 amide bonds. The summed E-state index contributed by atoms with van der Waals surface area (Å²) < 4.78 is 0. The highest BCUT2D eigenvalue weighted by Gasteiger charge is 2.17. The Balaban J connectivity index is 2.82. The fourth-order valence-corrected chi connectivity index (χ4v) is 3.43. The first kappa shape index (κ1) is 20.9. The van der Waals surface area contributed by atoms with Crippen molar-refractivity contribution in [2.45, 2.75) is 79.1 Å². The molecule has 0 aromatic heterocycles. The first-order chi connectivity index (χ1) is 11.6. The Hall–Kier alpha value is -1.18. The largest absolute Gasteiger partial charge is 0.399 e. The molecule has 2 unspecified atom stereocenters. The van der Waals surface area contributed by atoms with Gasteiger partial charge in [0.05, 0.1) is 0 Å². The molecule has 0 heterocycles. The summed E-state index contributed by atoms with van der Waals surface area (Å²) in [6.45, 7) is 11.6. The van der Waals surface area contributed by atoms with Gasteiger partial charge in [0.1, 0.15) is 0 Å². The van der Waals surface area contributed by atoms with Crippen LogP contribution in [0.4, 0.5) is 11.4 Å². The van der Waals surface area contributed by atoms with Crippen LogP contribution in [0.25, 0.3) is 0 Å². The van der Waals surface area contributed by atoms with Crippen LogP contribution in [0.15, 0.2) is 24.3 Å². The average molecular weight is 333 g/mol. The maximum absolute atomic E-state index is 5.89. The highest BCUT2D eigenvalue weighted by molar-refractivity contribution is 5.53. The molecule has 2 atom stereocenters. The smallest absolute Gasteiger partial charge is 0.0367 e. The summed E-state index contributed by atoms with van der Waals surface area (Å²) in [5, 5.41) is 0. The molecule has 0 bridgehead atoms. The van der Waals surface area contributed by atoms with E-state index in [4.69, 9.17) is 5.73 Å². The lowest BCUT2D eigenvalue weighted by molar-refractivity contribution is 0.403. The minimum atomic E-state index is 0.797. The van der Waals surface area contributed by atoms with Crippen molar-refractivity contribution in [1.29, 1.82) is 0 Å². The summed E-state index contributed by atoms with van der Waals surface area (Å²) in [6.07, 6.45) is 10.5.